The van der Waals surface area contributed by atoms with E-state index in [9.17, 15) is 0 Å². The average Bonchev–Trinajstić information content (AvgIpc) is 2.46. The molecule has 0 saturated heterocycles. The van der Waals surface area contributed by atoms with E-state index in [1.165, 1.54) is 0 Å². The molecule has 0 amide bonds. The Balaban J connectivity index is 2.73. The predicted octanol–water partition coefficient (Wildman–Crippen LogP) is 2.28. The van der Waals surface area contributed by atoms with E-state index in [0.29, 0.717) is 6.54 Å². The second-order valence-corrected chi connectivity index (χ2v) is 3.14. The molecular weight excluding hydrogens is 172 g/mol. The van der Waals surface area contributed by atoms with Gasteiger partial charge in [0, 0.05) is 28.7 Å². The molecule has 0 aliphatic heterocycles. The van der Waals surface area contributed by atoms with Gasteiger partial charge in [-0.1, -0.05) is 17.7 Å². The monoisotopic (exact) mass is 180 g/mol. The lowest BCUT2D eigenvalue weighted by molar-refractivity contribution is 1.08. The van der Waals surface area contributed by atoms with Crippen LogP contribution in [0.2, 0.25) is 5.02 Å². The number of nitrogens with one attached hydrogen (secondary N) is 1. The first-order chi connectivity index (χ1) is 5.81. The Morgan fingerprint density at radius 1 is 1.42 bits per heavy atom. The number of halogens is 1. The van der Waals surface area contributed by atoms with E-state index in [4.69, 9.17) is 17.3 Å². The highest BCUT2D eigenvalue weighted by atomic mass is 35.5. The van der Waals surface area contributed by atoms with Gasteiger partial charge in [-0.15, -0.1) is 0 Å². The molecule has 0 unspecified atom stereocenters. The fourth-order valence-electron chi connectivity index (χ4n) is 1.33. The van der Waals surface area contributed by atoms with Gasteiger partial charge in [-0.3, -0.25) is 0 Å². The zero-order chi connectivity index (χ0) is 8.55. The quantitative estimate of drug-likeness (QED) is 0.695. The Morgan fingerprint density at radius 2 is 2.25 bits per heavy atom. The largest absolute Gasteiger partial charge is 0.361 e. The summed E-state index contributed by atoms with van der Waals surface area (Å²) in [6.07, 6.45) is 1.92. The summed E-state index contributed by atoms with van der Waals surface area (Å²) in [7, 11) is 0. The SMILES string of the molecule is NCc1c[nH]c2cc(Cl)ccc12. The van der Waals surface area contributed by atoms with Crippen LogP contribution in [-0.2, 0) is 6.54 Å². The third-order valence-electron chi connectivity index (χ3n) is 1.95. The fourth-order valence-corrected chi connectivity index (χ4v) is 1.50. The van der Waals surface area contributed by atoms with E-state index < -0.39 is 0 Å². The lowest BCUT2D eigenvalue weighted by atomic mass is 10.2. The number of hydrogen-bond donors (Lipinski definition) is 2. The van der Waals surface area contributed by atoms with Crippen molar-refractivity contribution in [3.05, 3.63) is 35.0 Å². The first kappa shape index (κ1) is 7.65. The minimum absolute atomic E-state index is 0.557. The van der Waals surface area contributed by atoms with E-state index in [1.807, 2.05) is 24.4 Å². The summed E-state index contributed by atoms with van der Waals surface area (Å²) in [5.74, 6) is 0. The van der Waals surface area contributed by atoms with Crippen LogP contribution in [0.25, 0.3) is 10.9 Å². The molecule has 1 aromatic heterocycles. The molecule has 0 radical (unpaired) electrons. The molecule has 0 fully saturated rings. The van der Waals surface area contributed by atoms with Crippen molar-refractivity contribution in [2.45, 2.75) is 6.54 Å². The maximum absolute atomic E-state index is 5.82. The number of aromatic amines is 1. The molecule has 0 atom stereocenters. The predicted molar refractivity (Wildman–Crippen MR) is 51.2 cm³/mol. The number of hydrogen-bond acceptors (Lipinski definition) is 1. The molecule has 3 heteroatoms. The summed E-state index contributed by atoms with van der Waals surface area (Å²) in [4.78, 5) is 3.12. The standard InChI is InChI=1S/C9H9ClN2/c10-7-1-2-8-6(4-11)5-12-9(8)3-7/h1-3,5,12H,4,11H2. The lowest BCUT2D eigenvalue weighted by Crippen LogP contribution is -1.93. The first-order valence-corrected chi connectivity index (χ1v) is 4.14. The Labute approximate surface area is 75.3 Å². The van der Waals surface area contributed by atoms with Gasteiger partial charge in [-0.05, 0) is 17.7 Å². The van der Waals surface area contributed by atoms with Crippen molar-refractivity contribution in [2.24, 2.45) is 5.73 Å². The van der Waals surface area contributed by atoms with E-state index in [0.717, 1.165) is 21.5 Å². The number of rotatable bonds is 1. The second kappa shape index (κ2) is 2.81. The van der Waals surface area contributed by atoms with Gasteiger partial charge < -0.3 is 10.7 Å². The van der Waals surface area contributed by atoms with Crippen molar-refractivity contribution in [1.82, 2.24) is 4.98 Å². The Bertz CT molecular complexity index is 406. The summed E-state index contributed by atoms with van der Waals surface area (Å²) in [6, 6.07) is 5.75. The summed E-state index contributed by atoms with van der Waals surface area (Å²) in [5.41, 5.74) is 7.72. The van der Waals surface area contributed by atoms with Crippen LogP contribution < -0.4 is 5.73 Å². The molecule has 2 rings (SSSR count). The van der Waals surface area contributed by atoms with Crippen molar-refractivity contribution < 1.29 is 0 Å². The van der Waals surface area contributed by atoms with Gasteiger partial charge in [0.1, 0.15) is 0 Å². The van der Waals surface area contributed by atoms with E-state index >= 15 is 0 Å². The van der Waals surface area contributed by atoms with Crippen LogP contribution >= 0.6 is 11.6 Å². The summed E-state index contributed by atoms with van der Waals surface area (Å²) >= 11 is 5.82. The van der Waals surface area contributed by atoms with E-state index in [-0.39, 0.29) is 0 Å². The lowest BCUT2D eigenvalue weighted by Gasteiger charge is -1.93. The minimum Gasteiger partial charge on any atom is -0.361 e. The fraction of sp³-hybridized carbons (Fsp3) is 0.111. The smallest absolute Gasteiger partial charge is 0.0472 e. The van der Waals surface area contributed by atoms with Gasteiger partial charge in [0.2, 0.25) is 0 Å². The molecular formula is C9H9ClN2. The zero-order valence-corrected chi connectivity index (χ0v) is 7.23. The van der Waals surface area contributed by atoms with Crippen molar-refractivity contribution in [2.75, 3.05) is 0 Å². The summed E-state index contributed by atoms with van der Waals surface area (Å²) < 4.78 is 0. The summed E-state index contributed by atoms with van der Waals surface area (Å²) in [6.45, 7) is 0.557. The molecule has 0 aliphatic carbocycles. The van der Waals surface area contributed by atoms with Gasteiger partial charge in [0.25, 0.3) is 0 Å². The van der Waals surface area contributed by atoms with E-state index in [1.54, 1.807) is 0 Å². The van der Waals surface area contributed by atoms with Gasteiger partial charge >= 0.3 is 0 Å². The highest BCUT2D eigenvalue weighted by Crippen LogP contribution is 2.21. The Hall–Kier alpha value is -0.990. The Morgan fingerprint density at radius 3 is 3.00 bits per heavy atom. The van der Waals surface area contributed by atoms with Crippen LogP contribution in [0.5, 0.6) is 0 Å². The molecule has 0 aliphatic rings. The van der Waals surface area contributed by atoms with Crippen LogP contribution in [0.3, 0.4) is 0 Å². The topological polar surface area (TPSA) is 41.8 Å². The second-order valence-electron chi connectivity index (χ2n) is 2.71. The molecule has 1 aromatic carbocycles. The van der Waals surface area contributed by atoms with Crippen LogP contribution in [0, 0.1) is 0 Å². The maximum Gasteiger partial charge on any atom is 0.0472 e. The molecule has 62 valence electrons. The Kier molecular flexibility index (Phi) is 1.79. The molecule has 0 spiro atoms. The maximum atomic E-state index is 5.82. The molecule has 2 nitrogen and oxygen atoms in total. The number of benzene rings is 1. The summed E-state index contributed by atoms with van der Waals surface area (Å²) in [5, 5.41) is 1.90. The van der Waals surface area contributed by atoms with Crippen molar-refractivity contribution in [3.63, 3.8) is 0 Å². The number of fused-ring (bicyclic) bond motifs is 1. The third-order valence-corrected chi connectivity index (χ3v) is 2.18. The van der Waals surface area contributed by atoms with Gasteiger partial charge in [-0.2, -0.15) is 0 Å². The van der Waals surface area contributed by atoms with E-state index in [2.05, 4.69) is 4.98 Å². The van der Waals surface area contributed by atoms with Gasteiger partial charge in [0.05, 0.1) is 0 Å². The minimum atomic E-state index is 0.557. The van der Waals surface area contributed by atoms with Crippen molar-refractivity contribution in [3.8, 4) is 0 Å². The number of H-pyrrole nitrogens is 1. The van der Waals surface area contributed by atoms with Gasteiger partial charge in [0.15, 0.2) is 0 Å². The van der Waals surface area contributed by atoms with Crippen LogP contribution in [-0.4, -0.2) is 4.98 Å². The van der Waals surface area contributed by atoms with Crippen LogP contribution in [0.15, 0.2) is 24.4 Å². The molecule has 0 saturated carbocycles. The molecule has 3 N–H and O–H groups in total. The third kappa shape index (κ3) is 1.09. The number of nitrogens with two attached hydrogens (primary N) is 1. The highest BCUT2D eigenvalue weighted by molar-refractivity contribution is 6.31. The zero-order valence-electron chi connectivity index (χ0n) is 6.47. The van der Waals surface area contributed by atoms with Gasteiger partial charge in [-0.25, -0.2) is 0 Å². The molecule has 1 heterocycles. The normalized spacial score (nSPS) is 10.8. The van der Waals surface area contributed by atoms with Crippen molar-refractivity contribution in [1.29, 1.82) is 0 Å². The molecule has 12 heavy (non-hydrogen) atoms. The average molecular weight is 181 g/mol. The first-order valence-electron chi connectivity index (χ1n) is 3.77. The molecule has 2 aromatic rings. The highest BCUT2D eigenvalue weighted by Gasteiger charge is 2.00. The van der Waals surface area contributed by atoms with Crippen LogP contribution in [0.1, 0.15) is 5.56 Å². The van der Waals surface area contributed by atoms with Crippen molar-refractivity contribution >= 4 is 22.5 Å². The number of aromatic nitrogens is 1. The molecule has 0 bridgehead atoms. The van der Waals surface area contributed by atoms with Crippen LogP contribution in [0.4, 0.5) is 0 Å².